The zero-order valence-electron chi connectivity index (χ0n) is 20.6. The summed E-state index contributed by atoms with van der Waals surface area (Å²) >= 11 is 6.50. The van der Waals surface area contributed by atoms with Gasteiger partial charge in [-0.2, -0.15) is 9.61 Å². The van der Waals surface area contributed by atoms with Gasteiger partial charge in [-0.15, -0.1) is 0 Å². The second kappa shape index (κ2) is 10.8. The molecule has 3 aromatic rings. The molecular weight excluding hydrogens is 531 g/mol. The van der Waals surface area contributed by atoms with Gasteiger partial charge in [0.2, 0.25) is 10.0 Å². The molecule has 5 rings (SSSR count). The zero-order valence-corrected chi connectivity index (χ0v) is 22.2. The van der Waals surface area contributed by atoms with Crippen LogP contribution in [0, 0.1) is 11.6 Å². The molecule has 0 bridgehead atoms. The van der Waals surface area contributed by atoms with E-state index < -0.39 is 26.6 Å². The fraction of sp³-hybridized carbons (Fsp3) is 0.231. The molecule has 2 aliphatic carbocycles. The summed E-state index contributed by atoms with van der Waals surface area (Å²) in [6, 6.07) is 4.17. The number of aromatic nitrogens is 3. The third-order valence-corrected chi connectivity index (χ3v) is 8.26. The Labute approximate surface area is 225 Å². The molecule has 2 N–H and O–H groups in total. The zero-order chi connectivity index (χ0) is 26.9. The van der Waals surface area contributed by atoms with Crippen molar-refractivity contribution in [1.82, 2.24) is 19.3 Å². The average Bonchev–Trinajstić information content (AvgIpc) is 3.27. The maximum atomic E-state index is 13.4. The Kier molecular flexibility index (Phi) is 7.51. The van der Waals surface area contributed by atoms with E-state index >= 15 is 0 Å². The van der Waals surface area contributed by atoms with E-state index in [1.54, 1.807) is 10.7 Å². The van der Waals surface area contributed by atoms with Crippen molar-refractivity contribution >= 4 is 52.0 Å². The topological polar surface area (TPSA) is 88.4 Å². The van der Waals surface area contributed by atoms with E-state index in [2.05, 4.69) is 21.2 Å². The Balaban J connectivity index is 1.28. The van der Waals surface area contributed by atoms with Crippen molar-refractivity contribution in [2.75, 3.05) is 18.4 Å². The lowest BCUT2D eigenvalue weighted by molar-refractivity contribution is 0.562. The van der Waals surface area contributed by atoms with E-state index in [1.807, 2.05) is 32.1 Å². The van der Waals surface area contributed by atoms with Crippen LogP contribution in [0.15, 0.2) is 75.8 Å². The lowest BCUT2D eigenvalue weighted by Gasteiger charge is -2.18. The van der Waals surface area contributed by atoms with Gasteiger partial charge in [-0.3, -0.25) is 0 Å². The van der Waals surface area contributed by atoms with Crippen LogP contribution in [0.4, 0.5) is 14.6 Å². The summed E-state index contributed by atoms with van der Waals surface area (Å²) in [5.74, 6) is -1.10. The normalized spacial score (nSPS) is 16.1. The minimum atomic E-state index is -4.04. The van der Waals surface area contributed by atoms with Gasteiger partial charge in [0, 0.05) is 42.0 Å². The number of fused-ring (bicyclic) bond motifs is 1. The number of hydrogen-bond acceptors (Lipinski definition) is 5. The van der Waals surface area contributed by atoms with E-state index in [0.717, 1.165) is 75.8 Å². The molecule has 0 radical (unpaired) electrons. The minimum absolute atomic E-state index is 0.0575. The van der Waals surface area contributed by atoms with Crippen molar-refractivity contribution in [3.05, 3.63) is 88.3 Å². The molecule has 0 atom stereocenters. The Hall–Kier alpha value is -3.28. The first kappa shape index (κ1) is 26.3. The Morgan fingerprint density at radius 2 is 1.74 bits per heavy atom. The van der Waals surface area contributed by atoms with Crippen LogP contribution in [0.5, 0.6) is 0 Å². The summed E-state index contributed by atoms with van der Waals surface area (Å²) in [5, 5.41) is 8.71. The molecule has 12 heteroatoms. The van der Waals surface area contributed by atoms with Crippen molar-refractivity contribution in [2.24, 2.45) is 0 Å². The molecule has 0 saturated heterocycles. The molecule has 0 unspecified atom stereocenters. The van der Waals surface area contributed by atoms with Crippen molar-refractivity contribution < 1.29 is 17.2 Å². The maximum Gasteiger partial charge on any atom is 0.241 e. The molecule has 0 fully saturated rings. The molecule has 0 aliphatic heterocycles. The number of benzene rings is 1. The molecule has 0 spiro atoms. The Morgan fingerprint density at radius 1 is 1.03 bits per heavy atom. The van der Waals surface area contributed by atoms with Crippen LogP contribution >= 0.6 is 11.6 Å². The average molecular weight is 556 g/mol. The summed E-state index contributed by atoms with van der Waals surface area (Å²) in [6.45, 7) is 0.625. The third-order valence-electron chi connectivity index (χ3n) is 6.49. The third kappa shape index (κ3) is 5.74. The maximum absolute atomic E-state index is 13.4. The molecule has 2 aromatic heterocycles. The smallest absolute Gasteiger partial charge is 0.241 e. The first-order chi connectivity index (χ1) is 18.2. The van der Waals surface area contributed by atoms with Crippen LogP contribution in [0.1, 0.15) is 31.4 Å². The van der Waals surface area contributed by atoms with E-state index in [-0.39, 0.29) is 6.54 Å². The van der Waals surface area contributed by atoms with Gasteiger partial charge in [0.1, 0.15) is 25.3 Å². The van der Waals surface area contributed by atoms with E-state index in [9.17, 15) is 17.2 Å². The summed E-state index contributed by atoms with van der Waals surface area (Å²) in [6.07, 6.45) is 12.8. The van der Waals surface area contributed by atoms with Crippen molar-refractivity contribution in [3.63, 3.8) is 0 Å². The van der Waals surface area contributed by atoms with Crippen molar-refractivity contribution in [1.29, 1.82) is 0 Å². The van der Waals surface area contributed by atoms with Crippen LogP contribution in [0.25, 0.3) is 11.2 Å². The predicted molar refractivity (Wildman–Crippen MR) is 148 cm³/mol. The van der Waals surface area contributed by atoms with Crippen LogP contribution < -0.4 is 15.5 Å². The molecule has 38 heavy (non-hydrogen) atoms. The number of nitrogens with one attached hydrogen (secondary N) is 2. The monoisotopic (exact) mass is 555 g/mol. The Bertz CT molecular complexity index is 1630. The number of rotatable bonds is 8. The van der Waals surface area contributed by atoms with Gasteiger partial charge >= 0.3 is 0 Å². The fourth-order valence-corrected chi connectivity index (χ4v) is 5.72. The molecule has 7 nitrogen and oxygen atoms in total. The summed E-state index contributed by atoms with van der Waals surface area (Å²) in [4.78, 5) is 4.35. The Morgan fingerprint density at radius 3 is 2.42 bits per heavy atom. The SMILES string of the molecule is Bc1cnn2c(NCC3=CC=C(CNS(=O)(=O)c4cc(F)cc(F)c4)CC3)cc(C3=C(Cl)CCC=C3)nc12. The van der Waals surface area contributed by atoms with E-state index in [0.29, 0.717) is 19.0 Å². The fourth-order valence-electron chi connectivity index (χ4n) is 4.37. The summed E-state index contributed by atoms with van der Waals surface area (Å²) in [7, 11) is -2.08. The first-order valence-corrected chi connectivity index (χ1v) is 14.0. The van der Waals surface area contributed by atoms with Gasteiger partial charge in [0.05, 0.1) is 10.6 Å². The number of anilines is 1. The number of halogens is 3. The predicted octanol–water partition coefficient (Wildman–Crippen LogP) is 3.60. The largest absolute Gasteiger partial charge is 0.366 e. The standard InChI is InChI=1S/C26H25BClF2N5O2S/c27-22-15-32-35-25(12-24(34-26(22)35)21-3-1-2-4-23(21)28)31-13-16-5-7-17(8-6-16)14-33-38(36,37)20-10-18(29)9-19(30)11-20/h1,3,5,7,9-12,15,31,33H,2,4,6,8,13-14,27H2. The van der Waals surface area contributed by atoms with Gasteiger partial charge in [-0.25, -0.2) is 26.9 Å². The van der Waals surface area contributed by atoms with Crippen LogP contribution in [0.2, 0.25) is 0 Å². The van der Waals surface area contributed by atoms with Crippen LogP contribution in [0.3, 0.4) is 0 Å². The van der Waals surface area contributed by atoms with Crippen molar-refractivity contribution in [3.8, 4) is 0 Å². The molecule has 0 amide bonds. The van der Waals surface area contributed by atoms with E-state index in [1.165, 1.54) is 0 Å². The van der Waals surface area contributed by atoms with Gasteiger partial charge in [-0.05, 0) is 43.3 Å². The lowest BCUT2D eigenvalue weighted by Crippen LogP contribution is -2.26. The highest BCUT2D eigenvalue weighted by Gasteiger charge is 2.18. The van der Waals surface area contributed by atoms with Gasteiger partial charge < -0.3 is 5.32 Å². The van der Waals surface area contributed by atoms with Crippen LogP contribution in [-0.4, -0.2) is 44.0 Å². The number of allylic oxidation sites excluding steroid dienone is 6. The number of sulfonamides is 1. The van der Waals surface area contributed by atoms with Gasteiger partial charge in [0.25, 0.3) is 0 Å². The summed E-state index contributed by atoms with van der Waals surface area (Å²) in [5.41, 5.74) is 5.42. The molecule has 0 saturated carbocycles. The van der Waals surface area contributed by atoms with Gasteiger partial charge in [0.15, 0.2) is 5.65 Å². The molecule has 2 heterocycles. The summed E-state index contributed by atoms with van der Waals surface area (Å²) < 4.78 is 56.0. The molecule has 2 aliphatic rings. The highest BCUT2D eigenvalue weighted by atomic mass is 35.5. The number of nitrogens with zero attached hydrogens (tertiary/aromatic N) is 3. The highest BCUT2D eigenvalue weighted by molar-refractivity contribution is 7.89. The lowest BCUT2D eigenvalue weighted by atomic mass is 9.98. The number of hydrogen-bond donors (Lipinski definition) is 2. The van der Waals surface area contributed by atoms with E-state index in [4.69, 9.17) is 16.6 Å². The molecule has 1 aromatic carbocycles. The van der Waals surface area contributed by atoms with Crippen LogP contribution in [-0.2, 0) is 10.0 Å². The molecular formula is C26H25BClF2N5O2S. The minimum Gasteiger partial charge on any atom is -0.366 e. The second-order valence-corrected chi connectivity index (χ2v) is 11.5. The molecule has 196 valence electrons. The van der Waals surface area contributed by atoms with Gasteiger partial charge in [-0.1, -0.05) is 47.1 Å². The highest BCUT2D eigenvalue weighted by Crippen LogP contribution is 2.30. The van der Waals surface area contributed by atoms with Crippen molar-refractivity contribution in [2.45, 2.75) is 30.6 Å². The second-order valence-electron chi connectivity index (χ2n) is 9.28. The quantitative estimate of drug-likeness (QED) is 0.415. The first-order valence-electron chi connectivity index (χ1n) is 12.2.